The average molecular weight is 160 g/mol. The Morgan fingerprint density at radius 1 is 1.36 bits per heavy atom. The van der Waals surface area contributed by atoms with Gasteiger partial charge in [-0.3, -0.25) is 4.79 Å². The average Bonchev–Trinajstić information content (AvgIpc) is 2.02. The molecule has 11 heavy (non-hydrogen) atoms. The molecule has 0 N–H and O–H groups in total. The quantitative estimate of drug-likeness (QED) is 0.582. The molecule has 66 valence electrons. The number of hydrogen-bond donors (Lipinski definition) is 0. The van der Waals surface area contributed by atoms with Crippen LogP contribution in [0.4, 0.5) is 0 Å². The Balaban J connectivity index is 3.67. The van der Waals surface area contributed by atoms with Crippen molar-refractivity contribution >= 4 is 5.97 Å². The third-order valence-corrected chi connectivity index (χ3v) is 1.64. The first-order chi connectivity index (χ1) is 5.11. The molecule has 0 fully saturated rings. The van der Waals surface area contributed by atoms with E-state index in [1.165, 1.54) is 0 Å². The number of carbonyl (C=O) groups excluding carboxylic acids is 1. The molecule has 0 aromatic carbocycles. The molecule has 0 heterocycles. The standard InChI is InChI=1S/C8H16O3/c1-5-8(9)11-7(3)6(2)10-4/h6-7H,5H2,1-4H3. The summed E-state index contributed by atoms with van der Waals surface area (Å²) in [6, 6.07) is 0. The van der Waals surface area contributed by atoms with Gasteiger partial charge in [0.2, 0.25) is 0 Å². The highest BCUT2D eigenvalue weighted by molar-refractivity contribution is 5.69. The van der Waals surface area contributed by atoms with Gasteiger partial charge < -0.3 is 9.47 Å². The molecular weight excluding hydrogens is 144 g/mol. The Kier molecular flexibility index (Phi) is 4.86. The maximum atomic E-state index is 10.8. The molecule has 0 aliphatic heterocycles. The minimum Gasteiger partial charge on any atom is -0.460 e. The van der Waals surface area contributed by atoms with Crippen molar-refractivity contribution in [2.45, 2.75) is 39.4 Å². The van der Waals surface area contributed by atoms with E-state index in [2.05, 4.69) is 0 Å². The zero-order valence-corrected chi connectivity index (χ0v) is 7.59. The summed E-state index contributed by atoms with van der Waals surface area (Å²) < 4.78 is 9.97. The molecule has 0 aliphatic carbocycles. The van der Waals surface area contributed by atoms with E-state index in [0.29, 0.717) is 6.42 Å². The van der Waals surface area contributed by atoms with Gasteiger partial charge in [0.1, 0.15) is 6.10 Å². The topological polar surface area (TPSA) is 35.5 Å². The van der Waals surface area contributed by atoms with Crippen LogP contribution in [0.2, 0.25) is 0 Å². The number of carbonyl (C=O) groups is 1. The highest BCUT2D eigenvalue weighted by atomic mass is 16.6. The maximum Gasteiger partial charge on any atom is 0.305 e. The summed E-state index contributed by atoms with van der Waals surface area (Å²) in [5.41, 5.74) is 0. The molecule has 0 aromatic heterocycles. The van der Waals surface area contributed by atoms with Crippen molar-refractivity contribution in [3.8, 4) is 0 Å². The molecular formula is C8H16O3. The summed E-state index contributed by atoms with van der Waals surface area (Å²) in [6.07, 6.45) is 0.221. The fourth-order valence-corrected chi connectivity index (χ4v) is 0.578. The van der Waals surface area contributed by atoms with Gasteiger partial charge in [-0.2, -0.15) is 0 Å². The van der Waals surface area contributed by atoms with Gasteiger partial charge in [-0.15, -0.1) is 0 Å². The van der Waals surface area contributed by atoms with Gasteiger partial charge in [0, 0.05) is 13.5 Å². The third kappa shape index (κ3) is 3.98. The number of esters is 1. The van der Waals surface area contributed by atoms with Crippen LogP contribution in [0.5, 0.6) is 0 Å². The monoisotopic (exact) mass is 160 g/mol. The van der Waals surface area contributed by atoms with Crippen molar-refractivity contribution in [3.05, 3.63) is 0 Å². The van der Waals surface area contributed by atoms with E-state index in [0.717, 1.165) is 0 Å². The molecule has 0 aliphatic rings. The lowest BCUT2D eigenvalue weighted by atomic mass is 10.2. The molecule has 0 bridgehead atoms. The van der Waals surface area contributed by atoms with Crippen LogP contribution in [0.25, 0.3) is 0 Å². The first kappa shape index (κ1) is 10.4. The molecule has 0 saturated heterocycles. The Hall–Kier alpha value is -0.570. The normalized spacial score (nSPS) is 15.6. The molecule has 0 aromatic rings. The van der Waals surface area contributed by atoms with E-state index in [9.17, 15) is 4.79 Å². The van der Waals surface area contributed by atoms with Gasteiger partial charge in [0.05, 0.1) is 6.10 Å². The SMILES string of the molecule is CCC(=O)OC(C)C(C)OC. The van der Waals surface area contributed by atoms with Gasteiger partial charge in [0.15, 0.2) is 0 Å². The highest BCUT2D eigenvalue weighted by Gasteiger charge is 2.14. The third-order valence-electron chi connectivity index (χ3n) is 1.64. The number of rotatable bonds is 4. The second kappa shape index (κ2) is 5.13. The zero-order valence-electron chi connectivity index (χ0n) is 7.59. The molecule has 2 unspecified atom stereocenters. The lowest BCUT2D eigenvalue weighted by molar-refractivity contribution is -0.153. The number of methoxy groups -OCH3 is 1. The highest BCUT2D eigenvalue weighted by Crippen LogP contribution is 2.02. The maximum absolute atomic E-state index is 10.8. The van der Waals surface area contributed by atoms with E-state index < -0.39 is 0 Å². The molecule has 0 radical (unpaired) electrons. The second-order valence-electron chi connectivity index (χ2n) is 2.49. The van der Waals surface area contributed by atoms with Crippen LogP contribution in [0.1, 0.15) is 27.2 Å². The Bertz CT molecular complexity index is 123. The molecule has 0 spiro atoms. The lowest BCUT2D eigenvalue weighted by Crippen LogP contribution is -2.27. The van der Waals surface area contributed by atoms with E-state index in [1.807, 2.05) is 13.8 Å². The Morgan fingerprint density at radius 3 is 2.27 bits per heavy atom. The van der Waals surface area contributed by atoms with Crippen LogP contribution in [0.3, 0.4) is 0 Å². The van der Waals surface area contributed by atoms with E-state index in [4.69, 9.17) is 9.47 Å². The largest absolute Gasteiger partial charge is 0.460 e. The molecule has 0 amide bonds. The Morgan fingerprint density at radius 2 is 1.91 bits per heavy atom. The van der Waals surface area contributed by atoms with Crippen LogP contribution in [-0.2, 0) is 14.3 Å². The van der Waals surface area contributed by atoms with Crippen molar-refractivity contribution in [2.75, 3.05) is 7.11 Å². The van der Waals surface area contributed by atoms with Crippen molar-refractivity contribution in [1.29, 1.82) is 0 Å². The smallest absolute Gasteiger partial charge is 0.305 e. The van der Waals surface area contributed by atoms with Crippen molar-refractivity contribution < 1.29 is 14.3 Å². The summed E-state index contributed by atoms with van der Waals surface area (Å²) in [5, 5.41) is 0. The van der Waals surface area contributed by atoms with Gasteiger partial charge in [-0.25, -0.2) is 0 Å². The summed E-state index contributed by atoms with van der Waals surface area (Å²) in [4.78, 5) is 10.8. The van der Waals surface area contributed by atoms with Gasteiger partial charge in [-0.05, 0) is 13.8 Å². The van der Waals surface area contributed by atoms with Crippen LogP contribution < -0.4 is 0 Å². The van der Waals surface area contributed by atoms with Gasteiger partial charge >= 0.3 is 5.97 Å². The lowest BCUT2D eigenvalue weighted by Gasteiger charge is -2.18. The first-order valence-corrected chi connectivity index (χ1v) is 3.84. The number of ether oxygens (including phenoxy) is 2. The summed E-state index contributed by atoms with van der Waals surface area (Å²) >= 11 is 0. The van der Waals surface area contributed by atoms with Gasteiger partial charge in [0.25, 0.3) is 0 Å². The van der Waals surface area contributed by atoms with Crippen LogP contribution >= 0.6 is 0 Å². The van der Waals surface area contributed by atoms with Crippen molar-refractivity contribution in [2.24, 2.45) is 0 Å². The fraction of sp³-hybridized carbons (Fsp3) is 0.875. The summed E-state index contributed by atoms with van der Waals surface area (Å²) in [5.74, 6) is -0.179. The molecule has 2 atom stereocenters. The fourth-order valence-electron chi connectivity index (χ4n) is 0.578. The molecule has 0 rings (SSSR count). The van der Waals surface area contributed by atoms with Crippen molar-refractivity contribution in [3.63, 3.8) is 0 Å². The van der Waals surface area contributed by atoms with E-state index in [-0.39, 0.29) is 18.2 Å². The summed E-state index contributed by atoms with van der Waals surface area (Å²) in [6.45, 7) is 5.46. The van der Waals surface area contributed by atoms with Crippen LogP contribution in [-0.4, -0.2) is 25.3 Å². The van der Waals surface area contributed by atoms with Crippen molar-refractivity contribution in [1.82, 2.24) is 0 Å². The van der Waals surface area contributed by atoms with Crippen LogP contribution in [0, 0.1) is 0 Å². The molecule has 3 nitrogen and oxygen atoms in total. The Labute approximate surface area is 67.7 Å². The second-order valence-corrected chi connectivity index (χ2v) is 2.49. The minimum absolute atomic E-state index is 0.0366. The molecule has 0 saturated carbocycles. The minimum atomic E-state index is -0.179. The number of hydrogen-bond acceptors (Lipinski definition) is 3. The zero-order chi connectivity index (χ0) is 8.85. The first-order valence-electron chi connectivity index (χ1n) is 3.84. The van der Waals surface area contributed by atoms with E-state index in [1.54, 1.807) is 14.0 Å². The van der Waals surface area contributed by atoms with E-state index >= 15 is 0 Å². The predicted molar refractivity (Wildman–Crippen MR) is 42.3 cm³/mol. The molecule has 3 heteroatoms. The predicted octanol–water partition coefficient (Wildman–Crippen LogP) is 1.36. The summed E-state index contributed by atoms with van der Waals surface area (Å²) in [7, 11) is 1.60. The van der Waals surface area contributed by atoms with Gasteiger partial charge in [-0.1, -0.05) is 6.92 Å². The van der Waals surface area contributed by atoms with Crippen LogP contribution in [0.15, 0.2) is 0 Å².